The van der Waals surface area contributed by atoms with Crippen molar-refractivity contribution in [1.82, 2.24) is 4.90 Å². The zero-order valence-corrected chi connectivity index (χ0v) is 22.7. The van der Waals surface area contributed by atoms with Crippen molar-refractivity contribution < 1.29 is 39.6 Å². The molecule has 3 aliphatic carbocycles. The van der Waals surface area contributed by atoms with Gasteiger partial charge in [-0.05, 0) is 50.9 Å². The number of hydrogen-bond donors (Lipinski definition) is 6. The minimum Gasteiger partial charge on any atom is -0.508 e. The minimum absolute atomic E-state index is 0.00724. The first-order valence-corrected chi connectivity index (χ1v) is 13.1. The highest BCUT2D eigenvalue weighted by atomic mass is 79.9. The van der Waals surface area contributed by atoms with E-state index in [4.69, 9.17) is 5.73 Å². The molecule has 0 bridgehead atoms. The number of carbonyl (C=O) groups excluding carboxylic acids is 4. The second kappa shape index (κ2) is 9.83. The molecule has 1 aromatic carbocycles. The molecule has 12 heteroatoms. The third kappa shape index (κ3) is 4.02. The summed E-state index contributed by atoms with van der Waals surface area (Å²) in [5, 5.41) is 47.3. The van der Waals surface area contributed by atoms with E-state index in [-0.39, 0.29) is 29.7 Å². The maximum Gasteiger partial charge on any atom is 0.255 e. The Morgan fingerprint density at radius 3 is 2.47 bits per heavy atom. The molecule has 0 aromatic heterocycles. The van der Waals surface area contributed by atoms with Gasteiger partial charge in [-0.15, -0.1) is 0 Å². The molecule has 3 aliphatic rings. The molecule has 1 fully saturated rings. The Morgan fingerprint density at radius 2 is 1.89 bits per heavy atom. The molecule has 0 radical (unpaired) electrons. The lowest BCUT2D eigenvalue weighted by molar-refractivity contribution is -0.153. The summed E-state index contributed by atoms with van der Waals surface area (Å²) < 4.78 is 0. The van der Waals surface area contributed by atoms with Crippen LogP contribution in [0.4, 0.5) is 5.69 Å². The predicted octanol–water partition coefficient (Wildman–Crippen LogP) is 1.47. The van der Waals surface area contributed by atoms with Gasteiger partial charge in [-0.25, -0.2) is 0 Å². The number of halogens is 1. The van der Waals surface area contributed by atoms with Gasteiger partial charge in [0.05, 0.1) is 22.1 Å². The van der Waals surface area contributed by atoms with E-state index in [9.17, 15) is 39.6 Å². The number of primary amides is 1. The van der Waals surface area contributed by atoms with Crippen LogP contribution in [0.5, 0.6) is 5.75 Å². The van der Waals surface area contributed by atoms with Gasteiger partial charge in [-0.1, -0.05) is 35.3 Å². The summed E-state index contributed by atoms with van der Waals surface area (Å²) in [6.45, 7) is 1.92. The number of carbonyl (C=O) groups is 4. The van der Waals surface area contributed by atoms with Gasteiger partial charge in [0.15, 0.2) is 11.4 Å². The highest BCUT2D eigenvalue weighted by Gasteiger charge is 2.64. The van der Waals surface area contributed by atoms with E-state index in [2.05, 4.69) is 21.2 Å². The van der Waals surface area contributed by atoms with Crippen molar-refractivity contribution >= 4 is 50.8 Å². The molecule has 0 saturated heterocycles. The maximum atomic E-state index is 13.8. The molecule has 204 valence electrons. The van der Waals surface area contributed by atoms with Crippen molar-refractivity contribution in [2.75, 3.05) is 19.4 Å². The Kier molecular flexibility index (Phi) is 7.19. The second-order valence-corrected chi connectivity index (χ2v) is 11.3. The summed E-state index contributed by atoms with van der Waals surface area (Å²) in [6, 6.07) is 1.97. The van der Waals surface area contributed by atoms with Crippen LogP contribution < -0.4 is 11.1 Å². The van der Waals surface area contributed by atoms with Gasteiger partial charge in [-0.3, -0.25) is 24.1 Å². The summed E-state index contributed by atoms with van der Waals surface area (Å²) >= 11 is 3.29. The van der Waals surface area contributed by atoms with E-state index >= 15 is 0 Å². The fourth-order valence-electron chi connectivity index (χ4n) is 5.92. The Morgan fingerprint density at radius 1 is 1.24 bits per heavy atom. The Labute approximate surface area is 227 Å². The molecule has 38 heavy (non-hydrogen) atoms. The number of fused-ring (bicyclic) bond motifs is 3. The summed E-state index contributed by atoms with van der Waals surface area (Å²) in [6.07, 6.45) is 1.49. The number of ketones is 2. The van der Waals surface area contributed by atoms with Crippen LogP contribution in [-0.4, -0.2) is 79.3 Å². The Bertz CT molecular complexity index is 1320. The van der Waals surface area contributed by atoms with Gasteiger partial charge < -0.3 is 31.5 Å². The first-order chi connectivity index (χ1) is 17.8. The minimum atomic E-state index is -2.70. The highest BCUT2D eigenvalue weighted by Crippen LogP contribution is 2.53. The number of benzene rings is 1. The predicted molar refractivity (Wildman–Crippen MR) is 140 cm³/mol. The number of aromatic hydroxyl groups is 1. The number of aliphatic hydroxyl groups is 3. The molecule has 1 aromatic rings. The number of nitrogens with one attached hydrogen (secondary N) is 1. The summed E-state index contributed by atoms with van der Waals surface area (Å²) in [7, 11) is 3.08. The molecule has 0 heterocycles. The van der Waals surface area contributed by atoms with E-state index in [1.165, 1.54) is 11.0 Å². The number of nitrogens with two attached hydrogens (primary N) is 1. The van der Waals surface area contributed by atoms with Crippen LogP contribution in [0.25, 0.3) is 5.76 Å². The monoisotopic (exact) mass is 591 g/mol. The number of nitrogens with zero attached hydrogens (tertiary/aromatic N) is 1. The van der Waals surface area contributed by atoms with Crippen molar-refractivity contribution in [3.05, 3.63) is 40.2 Å². The lowest BCUT2D eigenvalue weighted by atomic mass is 9.57. The molecule has 0 spiro atoms. The fourth-order valence-corrected chi connectivity index (χ4v) is 6.49. The summed E-state index contributed by atoms with van der Waals surface area (Å²) in [4.78, 5) is 52.4. The number of rotatable bonds is 6. The number of likely N-dealkylation sites (N-methyl/N-ethyl adjacent to an activating group) is 1. The van der Waals surface area contributed by atoms with Gasteiger partial charge in [-0.2, -0.15) is 0 Å². The number of amides is 2. The van der Waals surface area contributed by atoms with Crippen LogP contribution in [-0.2, 0) is 25.6 Å². The number of Topliss-reactive ketones (excluding diaryl/α,β-unsaturated/α-hetero) is 2. The topological polar surface area (TPSA) is 190 Å². The van der Waals surface area contributed by atoms with Crippen molar-refractivity contribution in [1.29, 1.82) is 0 Å². The second-order valence-electron chi connectivity index (χ2n) is 10.2. The van der Waals surface area contributed by atoms with E-state index < -0.39 is 74.5 Å². The van der Waals surface area contributed by atoms with Crippen molar-refractivity contribution in [3.63, 3.8) is 0 Å². The van der Waals surface area contributed by atoms with Gasteiger partial charge in [0.2, 0.25) is 11.7 Å². The van der Waals surface area contributed by atoms with Crippen LogP contribution in [0.15, 0.2) is 29.0 Å². The molecule has 4 rings (SSSR count). The van der Waals surface area contributed by atoms with Gasteiger partial charge >= 0.3 is 0 Å². The maximum absolute atomic E-state index is 13.8. The van der Waals surface area contributed by atoms with Crippen molar-refractivity contribution in [3.8, 4) is 5.75 Å². The van der Waals surface area contributed by atoms with E-state index in [0.29, 0.717) is 12.0 Å². The Hall–Kier alpha value is -3.22. The first-order valence-electron chi connectivity index (χ1n) is 12.2. The molecule has 2 amide bonds. The number of alkyl halides is 1. The average molecular weight is 592 g/mol. The molecular formula is C26H30BrN3O8. The van der Waals surface area contributed by atoms with Crippen LogP contribution in [0.2, 0.25) is 0 Å². The van der Waals surface area contributed by atoms with Crippen molar-refractivity contribution in [2.45, 2.75) is 49.1 Å². The van der Waals surface area contributed by atoms with Gasteiger partial charge in [0.25, 0.3) is 5.91 Å². The molecule has 11 nitrogen and oxygen atoms in total. The number of phenolic OH excluding ortho intramolecular Hbond substituents is 1. The van der Waals surface area contributed by atoms with E-state index in [1.807, 2.05) is 6.92 Å². The first kappa shape index (κ1) is 27.8. The van der Waals surface area contributed by atoms with Crippen LogP contribution in [0.3, 0.4) is 0 Å². The lowest BCUT2D eigenvalue weighted by Gasteiger charge is -2.50. The smallest absolute Gasteiger partial charge is 0.255 e. The van der Waals surface area contributed by atoms with Gasteiger partial charge in [0, 0.05) is 11.5 Å². The number of anilines is 1. The third-order valence-corrected chi connectivity index (χ3v) is 8.55. The van der Waals surface area contributed by atoms with E-state index in [1.54, 1.807) is 20.2 Å². The highest BCUT2D eigenvalue weighted by molar-refractivity contribution is 9.10. The molecule has 0 aliphatic heterocycles. The van der Waals surface area contributed by atoms with Gasteiger partial charge in [0.1, 0.15) is 22.8 Å². The summed E-state index contributed by atoms with van der Waals surface area (Å²) in [5.74, 6) is -7.59. The zero-order valence-electron chi connectivity index (χ0n) is 21.1. The fraction of sp³-hybridized carbons (Fsp3) is 0.462. The number of hydrogen-bond acceptors (Lipinski definition) is 9. The standard InChI is InChI=1S/C26H30BrN3O8/c1-4-5-13(27)25(37)29-14-7-6-10-8-11-9-12-18(30(2)3)21(33)17(24(28)36)23(35)26(12,38)22(34)16(11)20(32)15(10)19(14)31/h6-7,11-13,18,31-32,35,38H,4-5,8-9H2,1-3H3,(H2,28,36)(H,29,37)/t11?,12?,13?,18-,26-/m0/s1. The van der Waals surface area contributed by atoms with Crippen LogP contribution in [0.1, 0.15) is 37.3 Å². The number of aliphatic hydroxyl groups excluding tert-OH is 2. The molecular weight excluding hydrogens is 562 g/mol. The molecule has 7 N–H and O–H groups in total. The summed E-state index contributed by atoms with van der Waals surface area (Å²) in [5.41, 5.74) is 1.95. The largest absolute Gasteiger partial charge is 0.508 e. The van der Waals surface area contributed by atoms with E-state index in [0.717, 1.165) is 6.42 Å². The Balaban J connectivity index is 1.84. The molecule has 5 atom stereocenters. The molecule has 3 unspecified atom stereocenters. The SMILES string of the molecule is CCCC(Br)C(=O)Nc1ccc2c(c1O)C(O)=C1C(=O)[C@]3(O)C(O)=C(C(N)=O)C(=O)[C@@H](N(C)C)C3CC1C2. The normalized spacial score (nSPS) is 27.6. The van der Waals surface area contributed by atoms with Crippen LogP contribution in [0, 0.1) is 11.8 Å². The zero-order chi connectivity index (χ0) is 28.3. The quantitative estimate of drug-likeness (QED) is 0.161. The molecule has 1 saturated carbocycles. The van der Waals surface area contributed by atoms with Crippen LogP contribution >= 0.6 is 15.9 Å². The third-order valence-electron chi connectivity index (χ3n) is 7.68. The number of phenols is 1. The lowest BCUT2D eigenvalue weighted by Crippen LogP contribution is -2.65. The van der Waals surface area contributed by atoms with Crippen molar-refractivity contribution in [2.24, 2.45) is 17.6 Å². The average Bonchev–Trinajstić information content (AvgIpc) is 2.82.